The fourth-order valence-corrected chi connectivity index (χ4v) is 3.35. The number of esters is 2. The Balaban J connectivity index is 5.28. The molecule has 0 amide bonds. The highest BCUT2D eigenvalue weighted by atomic mass is 28.2. The average Bonchev–Trinajstić information content (AvgIpc) is 2.70. The number of hydrogen-bond donors (Lipinski definition) is 0. The largest absolute Gasteiger partial charge is 0.429 e. The minimum absolute atomic E-state index is 0.223. The molecular formula is C16H32O10Si2. The normalized spacial score (nSPS) is 17.3. The SMILES string of the molecule is COC(C)(OC)C([SiH3])(OC)OC(=O)C=CC(=O)OC([SiH3])(OC)C(C)(OC)OC. The summed E-state index contributed by atoms with van der Waals surface area (Å²) in [6, 6.07) is 0. The maximum Gasteiger partial charge on any atom is 0.333 e. The van der Waals surface area contributed by atoms with Crippen LogP contribution in [0.25, 0.3) is 0 Å². The predicted molar refractivity (Wildman–Crippen MR) is 106 cm³/mol. The summed E-state index contributed by atoms with van der Waals surface area (Å²) < 4.78 is 42.3. The highest BCUT2D eigenvalue weighted by molar-refractivity contribution is 6.16. The number of methoxy groups -OCH3 is 6. The summed E-state index contributed by atoms with van der Waals surface area (Å²) in [6.07, 6.45) is 1.82. The fraction of sp³-hybridized carbons (Fsp3) is 0.750. The fourth-order valence-electron chi connectivity index (χ4n) is 2.14. The molecule has 28 heavy (non-hydrogen) atoms. The Labute approximate surface area is 171 Å². The highest BCUT2D eigenvalue weighted by Gasteiger charge is 2.50. The minimum atomic E-state index is -1.44. The summed E-state index contributed by atoms with van der Waals surface area (Å²) in [6.45, 7) is 3.14. The first-order chi connectivity index (χ1) is 12.9. The molecule has 0 aromatic rings. The van der Waals surface area contributed by atoms with Crippen molar-refractivity contribution in [1.82, 2.24) is 0 Å². The zero-order valence-electron chi connectivity index (χ0n) is 18.2. The molecule has 0 aliphatic carbocycles. The van der Waals surface area contributed by atoms with Crippen LogP contribution in [-0.4, -0.2) is 97.5 Å². The van der Waals surface area contributed by atoms with Crippen molar-refractivity contribution in [2.24, 2.45) is 0 Å². The molecule has 0 aromatic carbocycles. The maximum absolute atomic E-state index is 12.2. The Kier molecular flexibility index (Phi) is 10.2. The van der Waals surface area contributed by atoms with E-state index in [4.69, 9.17) is 37.9 Å². The van der Waals surface area contributed by atoms with Gasteiger partial charge in [0.1, 0.15) is 20.5 Å². The van der Waals surface area contributed by atoms with Crippen molar-refractivity contribution in [3.05, 3.63) is 12.2 Å². The second-order valence-corrected chi connectivity index (χ2v) is 8.82. The highest BCUT2D eigenvalue weighted by Crippen LogP contribution is 2.29. The molecule has 0 saturated heterocycles. The second-order valence-electron chi connectivity index (χ2n) is 6.18. The Morgan fingerprint density at radius 2 is 0.857 bits per heavy atom. The molecule has 0 fully saturated rings. The Morgan fingerprint density at radius 3 is 1.04 bits per heavy atom. The van der Waals surface area contributed by atoms with Crippen molar-refractivity contribution >= 4 is 32.4 Å². The molecule has 2 unspecified atom stereocenters. The van der Waals surface area contributed by atoms with Crippen LogP contribution in [0, 0.1) is 0 Å². The van der Waals surface area contributed by atoms with Crippen LogP contribution in [0.2, 0.25) is 0 Å². The molecule has 0 aromatic heterocycles. The van der Waals surface area contributed by atoms with E-state index >= 15 is 0 Å². The summed E-state index contributed by atoms with van der Waals surface area (Å²) in [5.41, 5.74) is -2.89. The van der Waals surface area contributed by atoms with E-state index in [1.54, 1.807) is 13.8 Å². The van der Waals surface area contributed by atoms with Gasteiger partial charge in [-0.3, -0.25) is 0 Å². The third kappa shape index (κ3) is 5.70. The summed E-state index contributed by atoms with van der Waals surface area (Å²) in [5.74, 6) is -4.33. The lowest BCUT2D eigenvalue weighted by atomic mass is 10.3. The summed E-state index contributed by atoms with van der Waals surface area (Å²) >= 11 is 0. The lowest BCUT2D eigenvalue weighted by molar-refractivity contribution is -0.336. The Bertz CT molecular complexity index is 514. The van der Waals surface area contributed by atoms with Gasteiger partial charge in [0.15, 0.2) is 0 Å². The van der Waals surface area contributed by atoms with Crippen LogP contribution in [0.3, 0.4) is 0 Å². The van der Waals surface area contributed by atoms with Gasteiger partial charge in [-0.1, -0.05) is 0 Å². The van der Waals surface area contributed by atoms with Gasteiger partial charge in [-0.15, -0.1) is 0 Å². The van der Waals surface area contributed by atoms with Gasteiger partial charge in [-0.25, -0.2) is 9.59 Å². The van der Waals surface area contributed by atoms with Crippen molar-refractivity contribution in [3.8, 4) is 0 Å². The van der Waals surface area contributed by atoms with E-state index in [2.05, 4.69) is 0 Å². The first kappa shape index (κ1) is 26.9. The third-order valence-electron chi connectivity index (χ3n) is 4.93. The lowest BCUT2D eigenvalue weighted by Gasteiger charge is -2.42. The predicted octanol–water partition coefficient (Wildman–Crippen LogP) is -2.02. The van der Waals surface area contributed by atoms with Crippen LogP contribution < -0.4 is 0 Å². The van der Waals surface area contributed by atoms with Crippen LogP contribution in [0.5, 0.6) is 0 Å². The number of hydrogen-bond acceptors (Lipinski definition) is 10. The van der Waals surface area contributed by atoms with Crippen molar-refractivity contribution in [3.63, 3.8) is 0 Å². The molecule has 0 aliphatic heterocycles. The van der Waals surface area contributed by atoms with E-state index in [1.165, 1.54) is 42.7 Å². The van der Waals surface area contributed by atoms with E-state index < -0.39 is 34.3 Å². The van der Waals surface area contributed by atoms with Crippen LogP contribution in [-0.2, 0) is 47.5 Å². The molecule has 0 rings (SSSR count). The van der Waals surface area contributed by atoms with Gasteiger partial charge in [0.2, 0.25) is 22.4 Å². The van der Waals surface area contributed by atoms with Gasteiger partial charge in [-0.05, 0) is 13.8 Å². The zero-order chi connectivity index (χ0) is 22.2. The molecule has 0 bridgehead atoms. The van der Waals surface area contributed by atoms with Crippen molar-refractivity contribution in [2.45, 2.75) is 36.2 Å². The van der Waals surface area contributed by atoms with E-state index in [9.17, 15) is 9.59 Å². The summed E-state index contributed by atoms with van der Waals surface area (Å²) in [7, 11) is 8.76. The van der Waals surface area contributed by atoms with Crippen molar-refractivity contribution < 1.29 is 47.5 Å². The van der Waals surface area contributed by atoms with E-state index in [0.29, 0.717) is 0 Å². The molecule has 0 spiro atoms. The van der Waals surface area contributed by atoms with Crippen molar-refractivity contribution in [1.29, 1.82) is 0 Å². The van der Waals surface area contributed by atoms with Crippen LogP contribution in [0.15, 0.2) is 12.2 Å². The summed E-state index contributed by atoms with van der Waals surface area (Å²) in [5, 5.41) is 0. The average molecular weight is 441 g/mol. The number of rotatable bonds is 12. The van der Waals surface area contributed by atoms with E-state index in [1.807, 2.05) is 0 Å². The lowest BCUT2D eigenvalue weighted by Crippen LogP contribution is -2.59. The maximum atomic E-state index is 12.2. The van der Waals surface area contributed by atoms with E-state index in [0.717, 1.165) is 12.2 Å². The molecule has 0 heterocycles. The van der Waals surface area contributed by atoms with Crippen LogP contribution in [0.4, 0.5) is 0 Å². The Morgan fingerprint density at radius 1 is 0.607 bits per heavy atom. The third-order valence-corrected chi connectivity index (χ3v) is 7.97. The van der Waals surface area contributed by atoms with Gasteiger partial charge in [0, 0.05) is 54.8 Å². The molecule has 12 heteroatoms. The molecule has 0 N–H and O–H groups in total. The second kappa shape index (κ2) is 10.6. The molecule has 2 atom stereocenters. The van der Waals surface area contributed by atoms with Gasteiger partial charge < -0.3 is 37.9 Å². The van der Waals surface area contributed by atoms with Gasteiger partial charge in [0.05, 0.1) is 0 Å². The molecule has 164 valence electrons. The molecule has 10 nitrogen and oxygen atoms in total. The van der Waals surface area contributed by atoms with Crippen molar-refractivity contribution in [2.75, 3.05) is 42.7 Å². The standard InChI is InChI=1S/C16H32O10Si2/c1-13(19-3,20-4)15(27,23-7)25-11(17)9-10-12(18)26-16(28,24-8)14(2,21-5)22-6/h9-10H,1-8,27-28H3. The topological polar surface area (TPSA) is 108 Å². The first-order valence-electron chi connectivity index (χ1n) is 8.31. The van der Waals surface area contributed by atoms with Crippen LogP contribution >= 0.6 is 0 Å². The Hall–Kier alpha value is -1.13. The van der Waals surface area contributed by atoms with Gasteiger partial charge in [-0.2, -0.15) is 0 Å². The molecule has 0 aliphatic rings. The number of carbonyl (C=O) groups is 2. The van der Waals surface area contributed by atoms with E-state index in [-0.39, 0.29) is 20.5 Å². The number of ether oxygens (including phenoxy) is 8. The van der Waals surface area contributed by atoms with Gasteiger partial charge >= 0.3 is 11.9 Å². The number of carbonyl (C=O) groups excluding carboxylic acids is 2. The van der Waals surface area contributed by atoms with Crippen LogP contribution in [0.1, 0.15) is 13.8 Å². The minimum Gasteiger partial charge on any atom is -0.429 e. The molecular weight excluding hydrogens is 408 g/mol. The zero-order valence-corrected chi connectivity index (χ0v) is 22.2. The summed E-state index contributed by atoms with van der Waals surface area (Å²) in [4.78, 5) is 24.4. The molecule has 0 radical (unpaired) electrons. The molecule has 0 saturated carbocycles. The quantitative estimate of drug-likeness (QED) is 0.146. The monoisotopic (exact) mass is 440 g/mol. The van der Waals surface area contributed by atoms with Gasteiger partial charge in [0.25, 0.3) is 0 Å². The first-order valence-corrected chi connectivity index (χ1v) is 10.3. The smallest absolute Gasteiger partial charge is 0.333 e.